The number of nitrogens with zero attached hydrogens (tertiary/aromatic N) is 2. The van der Waals surface area contributed by atoms with E-state index in [0.717, 1.165) is 64.1 Å². The highest BCUT2D eigenvalue weighted by atomic mass is 35.5. The van der Waals surface area contributed by atoms with Crippen molar-refractivity contribution in [1.82, 2.24) is 9.80 Å². The smallest absolute Gasteiger partial charge is 0.162 e. The molecule has 0 atom stereocenters. The Morgan fingerprint density at radius 3 is 2.07 bits per heavy atom. The molecule has 1 saturated heterocycles. The van der Waals surface area contributed by atoms with Crippen LogP contribution in [0.1, 0.15) is 58.3 Å². The Kier molecular flexibility index (Phi) is 11.4. The van der Waals surface area contributed by atoms with Crippen LogP contribution in [-0.4, -0.2) is 41.8 Å². The van der Waals surface area contributed by atoms with E-state index in [0.29, 0.717) is 18.1 Å². The highest BCUT2D eigenvalue weighted by Crippen LogP contribution is 2.26. The molecule has 0 radical (unpaired) electrons. The van der Waals surface area contributed by atoms with E-state index in [2.05, 4.69) is 101 Å². The van der Waals surface area contributed by atoms with Crippen LogP contribution in [0.5, 0.6) is 0 Å². The van der Waals surface area contributed by atoms with Gasteiger partial charge in [0.15, 0.2) is 5.78 Å². The van der Waals surface area contributed by atoms with E-state index in [1.54, 1.807) is 0 Å². The third-order valence-corrected chi connectivity index (χ3v) is 8.88. The van der Waals surface area contributed by atoms with Crippen LogP contribution in [0.4, 0.5) is 0 Å². The van der Waals surface area contributed by atoms with Crippen LogP contribution in [-0.2, 0) is 25.9 Å². The second-order valence-corrected chi connectivity index (χ2v) is 11.6. The lowest BCUT2D eigenvalue weighted by Crippen LogP contribution is -2.33. The summed E-state index contributed by atoms with van der Waals surface area (Å²) in [5.41, 5.74) is 6.48. The lowest BCUT2D eigenvalue weighted by atomic mass is 9.89. The average Bonchev–Trinajstić information content (AvgIpc) is 3.19. The van der Waals surface area contributed by atoms with Crippen LogP contribution in [0.3, 0.4) is 0 Å². The Balaban J connectivity index is 0.00000194. The highest BCUT2D eigenvalue weighted by Gasteiger charge is 2.21. The number of rotatable bonds is 8. The summed E-state index contributed by atoms with van der Waals surface area (Å²) in [6, 6.07) is 32.7. The molecule has 4 aromatic rings. The Morgan fingerprint density at radius 1 is 0.634 bits per heavy atom. The predicted molar refractivity (Wildman–Crippen MR) is 176 cm³/mol. The summed E-state index contributed by atoms with van der Waals surface area (Å²) in [5, 5.41) is 2.63. The molecule has 4 aromatic carbocycles. The van der Waals surface area contributed by atoms with Crippen molar-refractivity contribution in [2.24, 2.45) is 5.92 Å². The van der Waals surface area contributed by atoms with Crippen LogP contribution in [0, 0.1) is 5.92 Å². The molecule has 0 aromatic heterocycles. The lowest BCUT2D eigenvalue weighted by Gasteiger charge is -2.32. The van der Waals surface area contributed by atoms with Gasteiger partial charge < -0.3 is 0 Å². The molecule has 0 spiro atoms. The summed E-state index contributed by atoms with van der Waals surface area (Å²) in [5.74, 6) is 0.982. The van der Waals surface area contributed by atoms with Gasteiger partial charge in [0, 0.05) is 38.2 Å². The first kappa shape index (κ1) is 31.3. The van der Waals surface area contributed by atoms with Crippen molar-refractivity contribution >= 4 is 41.4 Å². The van der Waals surface area contributed by atoms with Crippen LogP contribution in [0.25, 0.3) is 10.8 Å². The van der Waals surface area contributed by atoms with Crippen molar-refractivity contribution < 1.29 is 4.79 Å². The summed E-state index contributed by atoms with van der Waals surface area (Å²) in [6.07, 6.45) is 6.18. The van der Waals surface area contributed by atoms with Gasteiger partial charge in [0.25, 0.3) is 0 Å². The maximum absolute atomic E-state index is 13.2. The SMILES string of the molecule is Cl.Cl.O=C(CCC1CCN(Cc2ccc3ccccc3c2)CC1)c1ccc2c(c1)CCN(Cc1ccccc1)CC2. The van der Waals surface area contributed by atoms with Crippen LogP contribution < -0.4 is 0 Å². The van der Waals surface area contributed by atoms with Gasteiger partial charge in [0.1, 0.15) is 0 Å². The molecule has 2 aliphatic rings. The Bertz CT molecular complexity index is 1420. The number of fused-ring (bicyclic) bond motifs is 2. The zero-order valence-electron chi connectivity index (χ0n) is 23.8. The van der Waals surface area contributed by atoms with Crippen molar-refractivity contribution in [1.29, 1.82) is 0 Å². The van der Waals surface area contributed by atoms with Gasteiger partial charge in [-0.3, -0.25) is 14.6 Å². The number of hydrogen-bond donors (Lipinski definition) is 0. The van der Waals surface area contributed by atoms with Gasteiger partial charge in [-0.25, -0.2) is 0 Å². The van der Waals surface area contributed by atoms with Gasteiger partial charge in [-0.15, -0.1) is 24.8 Å². The number of piperidine rings is 1. The maximum Gasteiger partial charge on any atom is 0.162 e. The molecule has 5 heteroatoms. The molecule has 2 aliphatic heterocycles. The van der Waals surface area contributed by atoms with E-state index in [9.17, 15) is 4.79 Å². The quantitative estimate of drug-likeness (QED) is 0.194. The van der Waals surface area contributed by atoms with Gasteiger partial charge in [-0.2, -0.15) is 0 Å². The summed E-state index contributed by atoms with van der Waals surface area (Å²) < 4.78 is 0. The highest BCUT2D eigenvalue weighted by molar-refractivity contribution is 5.96. The molecule has 3 nitrogen and oxygen atoms in total. The van der Waals surface area contributed by atoms with E-state index in [4.69, 9.17) is 0 Å². The van der Waals surface area contributed by atoms with E-state index in [-0.39, 0.29) is 24.8 Å². The fraction of sp³-hybridized carbons (Fsp3) is 0.361. The second kappa shape index (κ2) is 15.0. The zero-order chi connectivity index (χ0) is 26.4. The Morgan fingerprint density at radius 2 is 1.29 bits per heavy atom. The summed E-state index contributed by atoms with van der Waals surface area (Å²) in [7, 11) is 0. The number of benzene rings is 4. The molecule has 0 bridgehead atoms. The standard InChI is InChI=1S/C36H40N2O.2ClH/c39-36(35-14-13-32-18-22-38(23-19-34(32)25-35)26-29-6-2-1-3-7-29)15-11-28-16-20-37(21-17-28)27-30-10-12-31-8-4-5-9-33(31)24-30;;/h1-10,12-14,24-25,28H,11,15-23,26-27H2;2*1H. The third-order valence-electron chi connectivity index (χ3n) is 8.88. The molecular formula is C36H42Cl2N2O. The molecule has 216 valence electrons. The first-order chi connectivity index (χ1) is 19.2. The monoisotopic (exact) mass is 588 g/mol. The first-order valence-electron chi connectivity index (χ1n) is 14.8. The van der Waals surface area contributed by atoms with Gasteiger partial charge in [0.05, 0.1) is 0 Å². The van der Waals surface area contributed by atoms with E-state index in [1.807, 2.05) is 0 Å². The normalized spacial score (nSPS) is 16.3. The first-order valence-corrected chi connectivity index (χ1v) is 14.8. The number of halogens is 2. The van der Waals surface area contributed by atoms with Crippen molar-refractivity contribution in [3.05, 3.63) is 119 Å². The zero-order valence-corrected chi connectivity index (χ0v) is 25.5. The summed E-state index contributed by atoms with van der Waals surface area (Å²) in [6.45, 7) is 6.41. The molecule has 2 heterocycles. The average molecular weight is 590 g/mol. The molecule has 0 N–H and O–H groups in total. The number of ketones is 1. The van der Waals surface area contributed by atoms with E-state index < -0.39 is 0 Å². The molecule has 1 fully saturated rings. The van der Waals surface area contributed by atoms with Gasteiger partial charge >= 0.3 is 0 Å². The Hall–Kier alpha value is -2.69. The van der Waals surface area contributed by atoms with Crippen molar-refractivity contribution in [2.45, 2.75) is 51.6 Å². The van der Waals surface area contributed by atoms with Crippen LogP contribution in [0.2, 0.25) is 0 Å². The van der Waals surface area contributed by atoms with Crippen LogP contribution in [0.15, 0.2) is 91.0 Å². The van der Waals surface area contributed by atoms with E-state index >= 15 is 0 Å². The van der Waals surface area contributed by atoms with Gasteiger partial charge in [0.2, 0.25) is 0 Å². The number of hydrogen-bond acceptors (Lipinski definition) is 3. The fourth-order valence-corrected chi connectivity index (χ4v) is 6.45. The number of Topliss-reactive ketones (excluding diaryl/α,β-unsaturated/α-hetero) is 1. The number of carbonyl (C=O) groups excluding carboxylic acids is 1. The minimum atomic E-state index is 0. The van der Waals surface area contributed by atoms with E-state index in [1.165, 1.54) is 45.9 Å². The maximum atomic E-state index is 13.2. The Labute approximate surface area is 257 Å². The third kappa shape index (κ3) is 8.20. The topological polar surface area (TPSA) is 23.6 Å². The predicted octanol–water partition coefficient (Wildman–Crippen LogP) is 8.16. The molecule has 0 unspecified atom stereocenters. The largest absolute Gasteiger partial charge is 0.299 e. The van der Waals surface area contributed by atoms with Crippen molar-refractivity contribution in [3.63, 3.8) is 0 Å². The minimum absolute atomic E-state index is 0. The van der Waals surface area contributed by atoms with Crippen LogP contribution >= 0.6 is 24.8 Å². The van der Waals surface area contributed by atoms with Crippen molar-refractivity contribution in [3.8, 4) is 0 Å². The minimum Gasteiger partial charge on any atom is -0.299 e. The van der Waals surface area contributed by atoms with Gasteiger partial charge in [-0.05, 0) is 96.3 Å². The summed E-state index contributed by atoms with van der Waals surface area (Å²) in [4.78, 5) is 18.3. The fourth-order valence-electron chi connectivity index (χ4n) is 6.45. The molecular weight excluding hydrogens is 547 g/mol. The number of carbonyl (C=O) groups is 1. The second-order valence-electron chi connectivity index (χ2n) is 11.6. The number of likely N-dealkylation sites (tertiary alicyclic amines) is 1. The van der Waals surface area contributed by atoms with Crippen molar-refractivity contribution in [2.75, 3.05) is 26.2 Å². The molecule has 0 aliphatic carbocycles. The van der Waals surface area contributed by atoms with Gasteiger partial charge in [-0.1, -0.05) is 78.9 Å². The molecule has 0 amide bonds. The molecule has 6 rings (SSSR count). The lowest BCUT2D eigenvalue weighted by molar-refractivity contribution is 0.0961. The molecule has 41 heavy (non-hydrogen) atoms. The summed E-state index contributed by atoms with van der Waals surface area (Å²) >= 11 is 0. The molecule has 0 saturated carbocycles.